The van der Waals surface area contributed by atoms with E-state index in [-0.39, 0.29) is 11.0 Å². The van der Waals surface area contributed by atoms with Crippen LogP contribution in [0, 0.1) is 11.3 Å². The van der Waals surface area contributed by atoms with E-state index in [9.17, 15) is 10.1 Å². The molecule has 1 aliphatic carbocycles. The predicted molar refractivity (Wildman–Crippen MR) is 107 cm³/mol. The molecular weight excluding hydrogens is 428 g/mol. The fourth-order valence-corrected chi connectivity index (χ4v) is 4.22. The van der Waals surface area contributed by atoms with Crippen LogP contribution in [0.15, 0.2) is 51.7 Å². The Morgan fingerprint density at radius 1 is 1.22 bits per heavy atom. The maximum absolute atomic E-state index is 13.0. The number of H-pyrrole nitrogens is 1. The summed E-state index contributed by atoms with van der Waals surface area (Å²) in [6.45, 7) is 0. The molecule has 0 bridgehead atoms. The van der Waals surface area contributed by atoms with Crippen molar-refractivity contribution in [1.82, 2.24) is 14.6 Å². The van der Waals surface area contributed by atoms with E-state index in [1.54, 1.807) is 12.1 Å². The minimum Gasteiger partial charge on any atom is -0.291 e. The van der Waals surface area contributed by atoms with E-state index in [1.807, 2.05) is 30.3 Å². The van der Waals surface area contributed by atoms with Crippen LogP contribution in [0.5, 0.6) is 0 Å². The number of aromatic amines is 1. The third-order valence-electron chi connectivity index (χ3n) is 5.26. The van der Waals surface area contributed by atoms with Crippen molar-refractivity contribution >= 4 is 44.1 Å². The van der Waals surface area contributed by atoms with E-state index in [0.717, 1.165) is 28.6 Å². The molecule has 1 aliphatic rings. The fraction of sp³-hybridized carbons (Fsp3) is 0.150. The van der Waals surface area contributed by atoms with E-state index in [4.69, 9.17) is 11.6 Å². The number of nitriles is 1. The zero-order valence-electron chi connectivity index (χ0n) is 14.0. The third-order valence-corrected chi connectivity index (χ3v) is 6.01. The van der Waals surface area contributed by atoms with Crippen LogP contribution in [0.25, 0.3) is 16.6 Å². The van der Waals surface area contributed by atoms with Crippen molar-refractivity contribution in [1.29, 1.82) is 5.26 Å². The van der Waals surface area contributed by atoms with Gasteiger partial charge in [0.2, 0.25) is 0 Å². The first-order valence-corrected chi connectivity index (χ1v) is 9.61. The van der Waals surface area contributed by atoms with Gasteiger partial charge in [-0.3, -0.25) is 9.89 Å². The van der Waals surface area contributed by atoms with E-state index >= 15 is 0 Å². The second kappa shape index (κ2) is 5.69. The highest BCUT2D eigenvalue weighted by atomic mass is 79.9. The van der Waals surface area contributed by atoms with Crippen molar-refractivity contribution in [2.75, 3.05) is 0 Å². The van der Waals surface area contributed by atoms with Gasteiger partial charge in [0.25, 0.3) is 5.56 Å². The minimum absolute atomic E-state index is 0.217. The van der Waals surface area contributed by atoms with Crippen LogP contribution in [0.4, 0.5) is 0 Å². The summed E-state index contributed by atoms with van der Waals surface area (Å²) in [7, 11) is 0. The predicted octanol–water partition coefficient (Wildman–Crippen LogP) is 4.54. The second-order valence-electron chi connectivity index (χ2n) is 6.80. The monoisotopic (exact) mass is 438 g/mol. The molecule has 0 aliphatic heterocycles. The summed E-state index contributed by atoms with van der Waals surface area (Å²) in [6.07, 6.45) is 1.80. The van der Waals surface area contributed by atoms with Crippen molar-refractivity contribution in [3.8, 4) is 6.07 Å². The van der Waals surface area contributed by atoms with Crippen LogP contribution in [0.3, 0.4) is 0 Å². The van der Waals surface area contributed by atoms with Crippen molar-refractivity contribution in [2.24, 2.45) is 0 Å². The van der Waals surface area contributed by atoms with Gasteiger partial charge in [-0.15, -0.1) is 0 Å². The van der Waals surface area contributed by atoms with Crippen molar-refractivity contribution < 1.29 is 0 Å². The van der Waals surface area contributed by atoms with Crippen LogP contribution in [-0.4, -0.2) is 14.6 Å². The molecule has 0 radical (unpaired) electrons. The topological polar surface area (TPSA) is 73.9 Å². The molecule has 0 unspecified atom stereocenters. The lowest BCUT2D eigenvalue weighted by atomic mass is 9.90. The molecule has 132 valence electrons. The fourth-order valence-electron chi connectivity index (χ4n) is 3.74. The van der Waals surface area contributed by atoms with Gasteiger partial charge in [-0.05, 0) is 48.7 Å². The molecule has 27 heavy (non-hydrogen) atoms. The van der Waals surface area contributed by atoms with Crippen LogP contribution >= 0.6 is 27.5 Å². The van der Waals surface area contributed by atoms with Gasteiger partial charge in [0.1, 0.15) is 11.6 Å². The Bertz CT molecular complexity index is 1330. The van der Waals surface area contributed by atoms with Gasteiger partial charge in [-0.1, -0.05) is 39.7 Å². The lowest BCUT2D eigenvalue weighted by Gasteiger charge is -2.14. The largest absolute Gasteiger partial charge is 0.291 e. The Hall–Kier alpha value is -2.62. The molecule has 1 saturated carbocycles. The first kappa shape index (κ1) is 16.5. The SMILES string of the molecule is N#Cc1c(C2(c3ccc(Cl)cc3)CC2)[nH]n2c(=O)c3cc(Br)ccc3nc12. The molecule has 1 fully saturated rings. The summed E-state index contributed by atoms with van der Waals surface area (Å²) in [4.78, 5) is 17.6. The normalized spacial score (nSPS) is 15.1. The molecule has 5 rings (SSSR count). The Morgan fingerprint density at radius 3 is 2.63 bits per heavy atom. The molecule has 0 saturated heterocycles. The number of hydrogen-bond donors (Lipinski definition) is 1. The Kier molecular flexibility index (Phi) is 3.48. The molecular formula is C20H12BrClN4O. The lowest BCUT2D eigenvalue weighted by molar-refractivity contribution is 0.762. The first-order valence-electron chi connectivity index (χ1n) is 8.44. The number of aromatic nitrogens is 3. The number of rotatable bonds is 2. The Morgan fingerprint density at radius 2 is 1.96 bits per heavy atom. The van der Waals surface area contributed by atoms with Gasteiger partial charge < -0.3 is 0 Å². The average Bonchev–Trinajstić information content (AvgIpc) is 3.38. The number of hydrogen-bond acceptors (Lipinski definition) is 3. The number of fused-ring (bicyclic) bond motifs is 2. The van der Waals surface area contributed by atoms with Crippen molar-refractivity contribution in [2.45, 2.75) is 18.3 Å². The van der Waals surface area contributed by atoms with Crippen LogP contribution in [0.2, 0.25) is 5.02 Å². The standard InChI is InChI=1S/C20H12BrClN4O/c21-12-3-6-16-14(9-12)19(27)26-18(24-16)15(10-23)17(25-26)20(7-8-20)11-1-4-13(22)5-2-11/h1-6,9,25H,7-8H2. The molecule has 1 N–H and O–H groups in total. The highest BCUT2D eigenvalue weighted by Gasteiger charge is 2.49. The molecule has 0 spiro atoms. The summed E-state index contributed by atoms with van der Waals surface area (Å²) in [5.41, 5.74) is 2.66. The average molecular weight is 440 g/mol. The summed E-state index contributed by atoms with van der Waals surface area (Å²) < 4.78 is 2.19. The van der Waals surface area contributed by atoms with Crippen molar-refractivity contribution in [3.63, 3.8) is 0 Å². The van der Waals surface area contributed by atoms with Gasteiger partial charge in [0, 0.05) is 14.9 Å². The molecule has 0 amide bonds. The van der Waals surface area contributed by atoms with Crippen LogP contribution < -0.4 is 5.56 Å². The maximum atomic E-state index is 13.0. The molecule has 0 atom stereocenters. The number of halogens is 2. The zero-order valence-corrected chi connectivity index (χ0v) is 16.3. The zero-order chi connectivity index (χ0) is 18.8. The summed E-state index contributed by atoms with van der Waals surface area (Å²) in [5, 5.41) is 14.2. The highest BCUT2D eigenvalue weighted by molar-refractivity contribution is 9.10. The van der Waals surface area contributed by atoms with E-state index in [1.165, 1.54) is 4.52 Å². The lowest BCUT2D eigenvalue weighted by Crippen LogP contribution is -2.16. The minimum atomic E-state index is -0.303. The summed E-state index contributed by atoms with van der Waals surface area (Å²) in [6, 6.07) is 15.3. The smallest absolute Gasteiger partial charge is 0.280 e. The molecule has 2 heterocycles. The van der Waals surface area contributed by atoms with Crippen LogP contribution in [-0.2, 0) is 5.41 Å². The van der Waals surface area contributed by atoms with Gasteiger partial charge >= 0.3 is 0 Å². The van der Waals surface area contributed by atoms with Gasteiger partial charge in [0.05, 0.1) is 16.6 Å². The highest BCUT2D eigenvalue weighted by Crippen LogP contribution is 2.54. The Balaban J connectivity index is 1.82. The second-order valence-corrected chi connectivity index (χ2v) is 8.15. The van der Waals surface area contributed by atoms with E-state index < -0.39 is 0 Å². The van der Waals surface area contributed by atoms with E-state index in [2.05, 4.69) is 32.1 Å². The molecule has 2 aromatic carbocycles. The maximum Gasteiger partial charge on any atom is 0.280 e. The van der Waals surface area contributed by atoms with Crippen molar-refractivity contribution in [3.05, 3.63) is 79.1 Å². The molecule has 5 nitrogen and oxygen atoms in total. The number of nitrogens with one attached hydrogen (secondary N) is 1. The van der Waals surface area contributed by atoms with E-state index in [0.29, 0.717) is 27.1 Å². The van der Waals surface area contributed by atoms with Crippen LogP contribution in [0.1, 0.15) is 29.7 Å². The van der Waals surface area contributed by atoms with Gasteiger partial charge in [-0.25, -0.2) is 4.98 Å². The van der Waals surface area contributed by atoms with Gasteiger partial charge in [0.15, 0.2) is 5.65 Å². The quantitative estimate of drug-likeness (QED) is 0.498. The molecule has 4 aromatic rings. The third kappa shape index (κ3) is 2.35. The summed E-state index contributed by atoms with van der Waals surface area (Å²) in [5.74, 6) is 0. The molecule has 7 heteroatoms. The molecule has 2 aromatic heterocycles. The number of nitrogens with zero attached hydrogens (tertiary/aromatic N) is 3. The number of benzene rings is 2. The first-order chi connectivity index (χ1) is 13.0. The Labute approximate surface area is 167 Å². The van der Waals surface area contributed by atoms with Gasteiger partial charge in [-0.2, -0.15) is 9.78 Å². The summed E-state index contributed by atoms with van der Waals surface area (Å²) >= 11 is 9.42.